The first-order chi connectivity index (χ1) is 33.5. The summed E-state index contributed by atoms with van der Waals surface area (Å²) in [6.45, 7) is 6.35. The van der Waals surface area contributed by atoms with Gasteiger partial charge in [0.25, 0.3) is 0 Å². The Kier molecular flexibility index (Phi) is 52.6. The number of amides is 1. The summed E-state index contributed by atoms with van der Waals surface area (Å²) in [5.74, 6) is -0.549. The van der Waals surface area contributed by atoms with Gasteiger partial charge in [0.2, 0.25) is 5.91 Å². The summed E-state index contributed by atoms with van der Waals surface area (Å²) in [5.41, 5.74) is 0. The van der Waals surface area contributed by atoms with E-state index in [0.717, 1.165) is 89.9 Å². The zero-order valence-electron chi connectivity index (χ0n) is 44.7. The SMILES string of the molecule is CC/C=C\C/C=C\C/C=C\C/C=C\C/C=C\CCCC(=O)OC(CCCCCCCCC/C=C\C/C=C\CCCCC)CC(=O)NC(CO)C(O)CCCCCCCCCCCCCCCCC. The summed E-state index contributed by atoms with van der Waals surface area (Å²) >= 11 is 0. The van der Waals surface area contributed by atoms with Crippen LogP contribution in [0.15, 0.2) is 85.1 Å². The molecule has 6 heteroatoms. The van der Waals surface area contributed by atoms with Crippen LogP contribution in [0.1, 0.15) is 271 Å². The van der Waals surface area contributed by atoms with Crippen molar-refractivity contribution < 1.29 is 24.5 Å². The number of rotatable bonds is 51. The second-order valence-electron chi connectivity index (χ2n) is 19.3. The molecule has 0 radical (unpaired) electrons. The second kappa shape index (κ2) is 55.0. The molecule has 3 N–H and O–H groups in total. The molecule has 0 aliphatic rings. The van der Waals surface area contributed by atoms with Crippen LogP contribution < -0.4 is 5.32 Å². The molecule has 0 aliphatic heterocycles. The smallest absolute Gasteiger partial charge is 0.306 e. The van der Waals surface area contributed by atoms with Gasteiger partial charge in [0, 0.05) is 6.42 Å². The second-order valence-corrected chi connectivity index (χ2v) is 19.3. The Balaban J connectivity index is 4.68. The van der Waals surface area contributed by atoms with Crippen LogP contribution in [0.4, 0.5) is 0 Å². The van der Waals surface area contributed by atoms with Crippen molar-refractivity contribution in [2.45, 2.75) is 289 Å². The Bertz CT molecular complexity index is 1290. The van der Waals surface area contributed by atoms with Gasteiger partial charge in [-0.3, -0.25) is 9.59 Å². The third-order valence-corrected chi connectivity index (χ3v) is 12.7. The molecule has 0 aromatic heterocycles. The van der Waals surface area contributed by atoms with E-state index in [1.54, 1.807) is 0 Å². The summed E-state index contributed by atoms with van der Waals surface area (Å²) in [4.78, 5) is 26.3. The van der Waals surface area contributed by atoms with E-state index < -0.39 is 18.2 Å². The lowest BCUT2D eigenvalue weighted by molar-refractivity contribution is -0.151. The molecule has 0 bridgehead atoms. The van der Waals surface area contributed by atoms with Crippen molar-refractivity contribution in [2.75, 3.05) is 6.61 Å². The van der Waals surface area contributed by atoms with Crippen LogP contribution in [-0.4, -0.2) is 46.9 Å². The molecular weight excluding hydrogens is 839 g/mol. The maximum Gasteiger partial charge on any atom is 0.306 e. The van der Waals surface area contributed by atoms with Gasteiger partial charge in [-0.1, -0.05) is 247 Å². The summed E-state index contributed by atoms with van der Waals surface area (Å²) in [6.07, 6.45) is 72.2. The van der Waals surface area contributed by atoms with E-state index >= 15 is 0 Å². The summed E-state index contributed by atoms with van der Waals surface area (Å²) in [7, 11) is 0. The molecule has 0 fully saturated rings. The number of nitrogens with one attached hydrogen (secondary N) is 1. The molecule has 1 amide bonds. The molecule has 6 nitrogen and oxygen atoms in total. The fourth-order valence-electron chi connectivity index (χ4n) is 8.38. The van der Waals surface area contributed by atoms with Gasteiger partial charge in [0.1, 0.15) is 6.10 Å². The predicted octanol–water partition coefficient (Wildman–Crippen LogP) is 17.9. The molecule has 3 unspecified atom stereocenters. The fourth-order valence-corrected chi connectivity index (χ4v) is 8.38. The minimum atomic E-state index is -0.804. The number of allylic oxidation sites excluding steroid dienone is 14. The molecule has 0 rings (SSSR count). The normalized spacial score (nSPS) is 13.8. The number of unbranched alkanes of at least 4 members (excludes halogenated alkanes) is 25. The maximum absolute atomic E-state index is 13.3. The van der Waals surface area contributed by atoms with Crippen LogP contribution in [0.2, 0.25) is 0 Å². The van der Waals surface area contributed by atoms with Crippen LogP contribution in [0, 0.1) is 0 Å². The highest BCUT2D eigenvalue weighted by Gasteiger charge is 2.24. The van der Waals surface area contributed by atoms with E-state index in [1.165, 1.54) is 128 Å². The lowest BCUT2D eigenvalue weighted by Crippen LogP contribution is -2.46. The van der Waals surface area contributed by atoms with E-state index in [0.29, 0.717) is 25.7 Å². The quantitative estimate of drug-likeness (QED) is 0.0321. The van der Waals surface area contributed by atoms with Gasteiger partial charge in [-0.15, -0.1) is 0 Å². The third-order valence-electron chi connectivity index (χ3n) is 12.7. The highest BCUT2D eigenvalue weighted by atomic mass is 16.5. The number of ether oxygens (including phenoxy) is 1. The van der Waals surface area contributed by atoms with Gasteiger partial charge in [-0.2, -0.15) is 0 Å². The van der Waals surface area contributed by atoms with E-state index in [1.807, 2.05) is 0 Å². The molecular formula is C62H109NO5. The van der Waals surface area contributed by atoms with Crippen molar-refractivity contribution in [3.63, 3.8) is 0 Å². The van der Waals surface area contributed by atoms with Gasteiger partial charge < -0.3 is 20.3 Å². The van der Waals surface area contributed by atoms with Crippen molar-refractivity contribution in [1.82, 2.24) is 5.32 Å². The number of carbonyl (C=O) groups excluding carboxylic acids is 2. The Morgan fingerprint density at radius 2 is 0.794 bits per heavy atom. The van der Waals surface area contributed by atoms with E-state index in [4.69, 9.17) is 4.74 Å². The summed E-state index contributed by atoms with van der Waals surface area (Å²) in [6, 6.07) is -0.721. The van der Waals surface area contributed by atoms with Crippen LogP contribution in [0.3, 0.4) is 0 Å². The number of aliphatic hydroxyl groups excluding tert-OH is 2. The third kappa shape index (κ3) is 49.5. The Hall–Kier alpha value is -2.96. The highest BCUT2D eigenvalue weighted by Crippen LogP contribution is 2.18. The molecule has 0 heterocycles. The number of hydrogen-bond acceptors (Lipinski definition) is 5. The molecule has 0 saturated heterocycles. The van der Waals surface area contributed by atoms with E-state index in [2.05, 4.69) is 111 Å². The van der Waals surface area contributed by atoms with Crippen LogP contribution in [0.5, 0.6) is 0 Å². The summed E-state index contributed by atoms with van der Waals surface area (Å²) < 4.78 is 5.93. The monoisotopic (exact) mass is 948 g/mol. The highest BCUT2D eigenvalue weighted by molar-refractivity contribution is 5.77. The molecule has 0 spiro atoms. The van der Waals surface area contributed by atoms with Crippen molar-refractivity contribution in [1.29, 1.82) is 0 Å². The van der Waals surface area contributed by atoms with Crippen molar-refractivity contribution >= 4 is 11.9 Å². The fraction of sp³-hybridized carbons (Fsp3) is 0.742. The average molecular weight is 949 g/mol. The van der Waals surface area contributed by atoms with Gasteiger partial charge in [-0.05, 0) is 96.3 Å². The number of aliphatic hydroxyl groups is 2. The average Bonchev–Trinajstić information content (AvgIpc) is 3.33. The van der Waals surface area contributed by atoms with Crippen LogP contribution in [0.25, 0.3) is 0 Å². The van der Waals surface area contributed by atoms with E-state index in [-0.39, 0.29) is 24.9 Å². The first kappa shape index (κ1) is 65.0. The minimum absolute atomic E-state index is 0.0465. The standard InChI is InChI=1S/C62H109NO5/c1-4-7-10-13-16-19-22-25-28-30-33-35-38-41-44-47-50-53-58(68-62(67)55-52-49-46-43-40-37-34-31-29-26-23-20-17-14-11-8-5-2)56-61(66)63-59(57-64)60(65)54-51-48-45-42-39-36-32-27-24-21-18-15-12-9-6-3/h8,11,16-17,19-20,25-26,28-29,34,37,43,46,58-60,64-65H,4-7,9-10,12-15,18,21-24,27,30-33,35-36,38-42,44-45,47-57H2,1-3H3,(H,63,66)/b11-8-,19-16-,20-17-,28-25-,29-26-,37-34-,46-43-. The molecule has 68 heavy (non-hydrogen) atoms. The van der Waals surface area contributed by atoms with Crippen molar-refractivity contribution in [3.05, 3.63) is 85.1 Å². The molecule has 392 valence electrons. The Morgan fingerprint density at radius 3 is 1.24 bits per heavy atom. The minimum Gasteiger partial charge on any atom is -0.462 e. The van der Waals surface area contributed by atoms with Gasteiger partial charge >= 0.3 is 5.97 Å². The first-order valence-electron chi connectivity index (χ1n) is 28.8. The summed E-state index contributed by atoms with van der Waals surface area (Å²) in [5, 5.41) is 23.9. The predicted molar refractivity (Wildman–Crippen MR) is 296 cm³/mol. The van der Waals surface area contributed by atoms with E-state index in [9.17, 15) is 19.8 Å². The molecule has 0 aromatic rings. The molecule has 0 saturated carbocycles. The largest absolute Gasteiger partial charge is 0.462 e. The number of hydrogen-bond donors (Lipinski definition) is 3. The van der Waals surface area contributed by atoms with Crippen LogP contribution >= 0.6 is 0 Å². The zero-order valence-corrected chi connectivity index (χ0v) is 44.7. The molecule has 0 aromatic carbocycles. The van der Waals surface area contributed by atoms with Crippen LogP contribution in [-0.2, 0) is 14.3 Å². The lowest BCUT2D eigenvalue weighted by atomic mass is 10.0. The lowest BCUT2D eigenvalue weighted by Gasteiger charge is -2.24. The molecule has 3 atom stereocenters. The maximum atomic E-state index is 13.3. The number of esters is 1. The van der Waals surface area contributed by atoms with Gasteiger partial charge in [0.15, 0.2) is 0 Å². The number of carbonyl (C=O) groups is 2. The Morgan fingerprint density at radius 1 is 0.441 bits per heavy atom. The zero-order chi connectivity index (χ0) is 49.5. The molecule has 0 aliphatic carbocycles. The van der Waals surface area contributed by atoms with Crippen molar-refractivity contribution in [3.8, 4) is 0 Å². The topological polar surface area (TPSA) is 95.9 Å². The first-order valence-corrected chi connectivity index (χ1v) is 28.8. The van der Waals surface area contributed by atoms with Gasteiger partial charge in [-0.25, -0.2) is 0 Å². The van der Waals surface area contributed by atoms with Gasteiger partial charge in [0.05, 0.1) is 25.2 Å². The van der Waals surface area contributed by atoms with Crippen molar-refractivity contribution in [2.24, 2.45) is 0 Å². The Labute approximate surface area is 421 Å².